The second-order valence-corrected chi connectivity index (χ2v) is 6.00. The highest BCUT2D eigenvalue weighted by Gasteiger charge is 2.31. The van der Waals surface area contributed by atoms with Gasteiger partial charge in [-0.1, -0.05) is 30.3 Å². The number of rotatable bonds is 7. The zero-order valence-electron chi connectivity index (χ0n) is 15.1. The summed E-state index contributed by atoms with van der Waals surface area (Å²) in [6.45, 7) is 1.48. The van der Waals surface area contributed by atoms with Gasteiger partial charge in [-0.3, -0.25) is 9.59 Å². The second-order valence-electron chi connectivity index (χ2n) is 6.00. The number of benzene rings is 2. The Kier molecular flexibility index (Phi) is 7.17. The van der Waals surface area contributed by atoms with Crippen LogP contribution in [0.25, 0.3) is 0 Å². The summed E-state index contributed by atoms with van der Waals surface area (Å²) in [4.78, 5) is 24.4. The Balaban J connectivity index is 2.09. The van der Waals surface area contributed by atoms with E-state index in [0.29, 0.717) is 5.56 Å². The molecule has 0 saturated carbocycles. The van der Waals surface area contributed by atoms with Gasteiger partial charge in [-0.05, 0) is 36.8 Å². The Morgan fingerprint density at radius 3 is 2.21 bits per heavy atom. The average molecular weight is 395 g/mol. The fraction of sp³-hybridized carbons (Fsp3) is 0.300. The summed E-state index contributed by atoms with van der Waals surface area (Å²) in [5, 5.41) is 13.0. The van der Waals surface area contributed by atoms with E-state index in [-0.39, 0.29) is 18.7 Å². The Morgan fingerprint density at radius 2 is 1.68 bits per heavy atom. The average Bonchev–Trinajstić information content (AvgIpc) is 2.68. The van der Waals surface area contributed by atoms with Gasteiger partial charge in [0.05, 0.1) is 18.3 Å². The summed E-state index contributed by atoms with van der Waals surface area (Å²) in [6, 6.07) is 12.1. The van der Waals surface area contributed by atoms with Crippen LogP contribution in [0, 0.1) is 5.92 Å². The third kappa shape index (κ3) is 5.56. The van der Waals surface area contributed by atoms with Crippen molar-refractivity contribution < 1.29 is 32.6 Å². The highest BCUT2D eigenvalue weighted by molar-refractivity contribution is 5.94. The van der Waals surface area contributed by atoms with Crippen molar-refractivity contribution in [2.75, 3.05) is 13.2 Å². The van der Waals surface area contributed by atoms with E-state index in [2.05, 4.69) is 5.32 Å². The monoisotopic (exact) mass is 395 g/mol. The van der Waals surface area contributed by atoms with E-state index < -0.39 is 35.6 Å². The lowest BCUT2D eigenvalue weighted by molar-refractivity contribution is -0.152. The smallest absolute Gasteiger partial charge is 0.416 e. The Labute approximate surface area is 160 Å². The first-order valence-electron chi connectivity index (χ1n) is 8.59. The summed E-state index contributed by atoms with van der Waals surface area (Å²) in [5.74, 6) is -2.42. The minimum absolute atomic E-state index is 0.00445. The van der Waals surface area contributed by atoms with Gasteiger partial charge in [0, 0.05) is 12.1 Å². The van der Waals surface area contributed by atoms with Crippen LogP contribution in [0.3, 0.4) is 0 Å². The van der Waals surface area contributed by atoms with E-state index in [1.807, 2.05) is 0 Å². The van der Waals surface area contributed by atoms with Crippen molar-refractivity contribution in [3.63, 3.8) is 0 Å². The number of hydrogen-bond donors (Lipinski definition) is 2. The minimum atomic E-state index is -4.50. The highest BCUT2D eigenvalue weighted by Crippen LogP contribution is 2.29. The van der Waals surface area contributed by atoms with Gasteiger partial charge in [-0.25, -0.2) is 0 Å². The number of hydrogen-bond acceptors (Lipinski definition) is 4. The molecule has 0 aliphatic heterocycles. The van der Waals surface area contributed by atoms with Crippen molar-refractivity contribution in [1.82, 2.24) is 5.32 Å². The lowest BCUT2D eigenvalue weighted by Gasteiger charge is -2.22. The van der Waals surface area contributed by atoms with Crippen LogP contribution in [0.2, 0.25) is 0 Å². The number of nitrogens with one attached hydrogen (secondary N) is 1. The molecule has 2 aromatic rings. The lowest BCUT2D eigenvalue weighted by atomic mass is 9.95. The first-order valence-corrected chi connectivity index (χ1v) is 8.59. The first kappa shape index (κ1) is 21.4. The molecule has 8 heteroatoms. The van der Waals surface area contributed by atoms with Crippen LogP contribution in [0.4, 0.5) is 13.2 Å². The molecule has 2 atom stereocenters. The van der Waals surface area contributed by atoms with Gasteiger partial charge in [0.15, 0.2) is 0 Å². The maximum atomic E-state index is 12.6. The van der Waals surface area contributed by atoms with Gasteiger partial charge >= 0.3 is 12.1 Å². The fourth-order valence-electron chi connectivity index (χ4n) is 2.57. The number of amides is 1. The largest absolute Gasteiger partial charge is 0.466 e. The van der Waals surface area contributed by atoms with Crippen LogP contribution in [0.15, 0.2) is 54.6 Å². The molecule has 0 aliphatic rings. The second kappa shape index (κ2) is 9.36. The van der Waals surface area contributed by atoms with Crippen LogP contribution in [-0.2, 0) is 15.7 Å². The fourth-order valence-corrected chi connectivity index (χ4v) is 2.57. The Hall–Kier alpha value is -2.87. The first-order chi connectivity index (χ1) is 13.2. The zero-order chi connectivity index (χ0) is 20.7. The standard InChI is InChI=1S/C20H20F3NO4/c1-2-28-19(27)16(17(25)13-6-4-3-5-7-13)12-24-18(26)14-8-10-15(11-9-14)20(21,22)23/h3-11,16-17,25H,2,12H2,1H3,(H,24,26)/t16-,17-/m1/s1. The molecule has 0 radical (unpaired) electrons. The molecule has 2 rings (SSSR count). The van der Waals surface area contributed by atoms with Crippen molar-refractivity contribution in [2.45, 2.75) is 19.2 Å². The highest BCUT2D eigenvalue weighted by atomic mass is 19.4. The maximum Gasteiger partial charge on any atom is 0.416 e. The SMILES string of the molecule is CCOC(=O)[C@H](CNC(=O)c1ccc(C(F)(F)F)cc1)[C@H](O)c1ccccc1. The summed E-state index contributed by atoms with van der Waals surface area (Å²) < 4.78 is 42.8. The summed E-state index contributed by atoms with van der Waals surface area (Å²) in [5.41, 5.74) is -0.387. The topological polar surface area (TPSA) is 75.6 Å². The van der Waals surface area contributed by atoms with Crippen molar-refractivity contribution in [3.05, 3.63) is 71.3 Å². The molecule has 0 heterocycles. The molecule has 5 nitrogen and oxygen atoms in total. The third-order valence-corrected chi connectivity index (χ3v) is 4.07. The van der Waals surface area contributed by atoms with E-state index in [4.69, 9.17) is 4.74 Å². The molecule has 0 unspecified atom stereocenters. The van der Waals surface area contributed by atoms with Crippen molar-refractivity contribution in [2.24, 2.45) is 5.92 Å². The number of carbonyl (C=O) groups excluding carboxylic acids is 2. The summed E-state index contributed by atoms with van der Waals surface area (Å²) in [7, 11) is 0. The van der Waals surface area contributed by atoms with Crippen molar-refractivity contribution >= 4 is 11.9 Å². The molecule has 1 amide bonds. The predicted molar refractivity (Wildman–Crippen MR) is 95.3 cm³/mol. The zero-order valence-corrected chi connectivity index (χ0v) is 15.1. The minimum Gasteiger partial charge on any atom is -0.466 e. The molecular formula is C20H20F3NO4. The van der Waals surface area contributed by atoms with Crippen LogP contribution in [0.5, 0.6) is 0 Å². The van der Waals surface area contributed by atoms with E-state index in [0.717, 1.165) is 24.3 Å². The predicted octanol–water partition coefficient (Wildman–Crippen LogP) is 3.35. The molecule has 2 aromatic carbocycles. The van der Waals surface area contributed by atoms with E-state index in [1.165, 1.54) is 0 Å². The molecule has 0 bridgehead atoms. The molecular weight excluding hydrogens is 375 g/mol. The number of esters is 1. The van der Waals surface area contributed by atoms with Crippen LogP contribution in [0.1, 0.15) is 34.5 Å². The van der Waals surface area contributed by atoms with Gasteiger partial charge in [0.25, 0.3) is 5.91 Å². The summed E-state index contributed by atoms with van der Waals surface area (Å²) in [6.07, 6.45) is -5.71. The van der Waals surface area contributed by atoms with Gasteiger partial charge < -0.3 is 15.2 Å². The number of aliphatic hydroxyl groups is 1. The molecule has 150 valence electrons. The molecule has 0 aliphatic carbocycles. The number of halogens is 3. The number of ether oxygens (including phenoxy) is 1. The summed E-state index contributed by atoms with van der Waals surface area (Å²) >= 11 is 0. The van der Waals surface area contributed by atoms with Crippen molar-refractivity contribution in [1.29, 1.82) is 0 Å². The van der Waals surface area contributed by atoms with Crippen LogP contribution in [-0.4, -0.2) is 30.1 Å². The van der Waals surface area contributed by atoms with Gasteiger partial charge in [0.2, 0.25) is 0 Å². The normalized spacial score (nSPS) is 13.5. The number of carbonyl (C=O) groups is 2. The molecule has 0 fully saturated rings. The molecule has 0 saturated heterocycles. The van der Waals surface area contributed by atoms with Crippen LogP contribution >= 0.6 is 0 Å². The number of alkyl halides is 3. The molecule has 28 heavy (non-hydrogen) atoms. The number of aliphatic hydroxyl groups excluding tert-OH is 1. The van der Waals surface area contributed by atoms with E-state index >= 15 is 0 Å². The molecule has 0 aromatic heterocycles. The third-order valence-electron chi connectivity index (χ3n) is 4.07. The van der Waals surface area contributed by atoms with E-state index in [1.54, 1.807) is 37.3 Å². The van der Waals surface area contributed by atoms with Gasteiger partial charge in [-0.2, -0.15) is 13.2 Å². The maximum absolute atomic E-state index is 12.6. The van der Waals surface area contributed by atoms with E-state index in [9.17, 15) is 27.9 Å². The van der Waals surface area contributed by atoms with Gasteiger partial charge in [-0.15, -0.1) is 0 Å². The Morgan fingerprint density at radius 1 is 1.07 bits per heavy atom. The van der Waals surface area contributed by atoms with Crippen molar-refractivity contribution in [3.8, 4) is 0 Å². The quantitative estimate of drug-likeness (QED) is 0.705. The van der Waals surface area contributed by atoms with Crippen LogP contribution < -0.4 is 5.32 Å². The molecule has 2 N–H and O–H groups in total. The molecule has 0 spiro atoms. The van der Waals surface area contributed by atoms with Gasteiger partial charge in [0.1, 0.15) is 5.92 Å². The lowest BCUT2D eigenvalue weighted by Crippen LogP contribution is -2.37. The Bertz CT molecular complexity index is 791.